The van der Waals surface area contributed by atoms with Gasteiger partial charge >= 0.3 is 0 Å². The summed E-state index contributed by atoms with van der Waals surface area (Å²) in [7, 11) is 3.21. The van der Waals surface area contributed by atoms with E-state index in [9.17, 15) is 9.59 Å². The van der Waals surface area contributed by atoms with Crippen molar-refractivity contribution in [1.82, 2.24) is 19.8 Å². The first-order valence-corrected chi connectivity index (χ1v) is 12.4. The Hall–Kier alpha value is -3.20. The molecule has 1 fully saturated rings. The summed E-state index contributed by atoms with van der Waals surface area (Å²) in [5.41, 5.74) is 2.78. The lowest BCUT2D eigenvalue weighted by molar-refractivity contribution is -0.130. The minimum absolute atomic E-state index is 0.0741. The molecule has 0 aliphatic carbocycles. The van der Waals surface area contributed by atoms with E-state index >= 15 is 0 Å². The van der Waals surface area contributed by atoms with Crippen LogP contribution in [0.1, 0.15) is 18.4 Å². The first-order chi connectivity index (χ1) is 16.6. The summed E-state index contributed by atoms with van der Waals surface area (Å²) < 4.78 is 12.5. The van der Waals surface area contributed by atoms with Crippen LogP contribution in [-0.4, -0.2) is 65.9 Å². The number of hydrogen-bond acceptors (Lipinski definition) is 6. The van der Waals surface area contributed by atoms with E-state index in [1.807, 2.05) is 51.9 Å². The molecule has 0 bridgehead atoms. The van der Waals surface area contributed by atoms with Gasteiger partial charge in [0.15, 0.2) is 16.7 Å². The van der Waals surface area contributed by atoms with E-state index in [1.165, 1.54) is 11.8 Å². The fourth-order valence-corrected chi connectivity index (χ4v) is 4.93. The summed E-state index contributed by atoms with van der Waals surface area (Å²) in [5.74, 6) is 1.60. The van der Waals surface area contributed by atoms with E-state index in [4.69, 9.17) is 9.47 Å². The van der Waals surface area contributed by atoms with Gasteiger partial charge in [-0.1, -0.05) is 30.0 Å². The van der Waals surface area contributed by atoms with Crippen molar-refractivity contribution in [3.63, 3.8) is 0 Å². The normalized spacial score (nSPS) is 13.3. The van der Waals surface area contributed by atoms with Crippen LogP contribution in [0.2, 0.25) is 0 Å². The van der Waals surface area contributed by atoms with Gasteiger partial charge in [0.1, 0.15) is 6.54 Å². The molecule has 1 saturated heterocycles. The van der Waals surface area contributed by atoms with E-state index in [2.05, 4.69) is 10.3 Å². The summed E-state index contributed by atoms with van der Waals surface area (Å²) in [6, 6.07) is 13.5. The predicted molar refractivity (Wildman–Crippen MR) is 133 cm³/mol. The van der Waals surface area contributed by atoms with Crippen LogP contribution in [0.25, 0.3) is 11.0 Å². The maximum Gasteiger partial charge on any atom is 0.242 e. The number of aromatic nitrogens is 2. The van der Waals surface area contributed by atoms with Crippen LogP contribution in [0, 0.1) is 0 Å². The van der Waals surface area contributed by atoms with E-state index in [1.54, 1.807) is 14.2 Å². The molecule has 0 spiro atoms. The van der Waals surface area contributed by atoms with Gasteiger partial charge in [0, 0.05) is 19.6 Å². The van der Waals surface area contributed by atoms with Gasteiger partial charge in [-0.3, -0.25) is 9.59 Å². The molecule has 1 aromatic heterocycles. The Morgan fingerprint density at radius 2 is 1.82 bits per heavy atom. The Morgan fingerprint density at radius 3 is 2.59 bits per heavy atom. The lowest BCUT2D eigenvalue weighted by atomic mass is 10.1. The number of ether oxygens (including phenoxy) is 2. The lowest BCUT2D eigenvalue weighted by Gasteiger charge is -2.17. The molecule has 2 heterocycles. The number of benzene rings is 2. The monoisotopic (exact) mass is 482 g/mol. The van der Waals surface area contributed by atoms with Crippen LogP contribution in [0.4, 0.5) is 0 Å². The number of rotatable bonds is 10. The van der Waals surface area contributed by atoms with E-state index in [0.29, 0.717) is 29.6 Å². The number of thioether (sulfide) groups is 1. The SMILES string of the molecule is COc1ccc(CCNC(=O)CSc2nc3ccccc3n2CC(=O)N2CCCC2)cc1OC. The van der Waals surface area contributed by atoms with Crippen LogP contribution in [0.5, 0.6) is 11.5 Å². The molecule has 8 nitrogen and oxygen atoms in total. The molecule has 0 atom stereocenters. The smallest absolute Gasteiger partial charge is 0.242 e. The molecule has 4 rings (SSSR count). The molecule has 2 aromatic carbocycles. The van der Waals surface area contributed by atoms with Crippen LogP contribution < -0.4 is 14.8 Å². The molecule has 180 valence electrons. The van der Waals surface area contributed by atoms with Crippen LogP contribution in [0.3, 0.4) is 0 Å². The minimum Gasteiger partial charge on any atom is -0.493 e. The van der Waals surface area contributed by atoms with Gasteiger partial charge < -0.3 is 24.3 Å². The molecule has 0 unspecified atom stereocenters. The Bertz CT molecular complexity index is 1160. The molecular formula is C25H30N4O4S. The predicted octanol–water partition coefficient (Wildman–Crippen LogP) is 3.13. The number of fused-ring (bicyclic) bond motifs is 1. The van der Waals surface area contributed by atoms with Crippen LogP contribution in [-0.2, 0) is 22.6 Å². The second kappa shape index (κ2) is 11.3. The third-order valence-electron chi connectivity index (χ3n) is 5.89. The summed E-state index contributed by atoms with van der Waals surface area (Å²) in [6.07, 6.45) is 2.79. The lowest BCUT2D eigenvalue weighted by Crippen LogP contribution is -2.31. The van der Waals surface area contributed by atoms with Crippen molar-refractivity contribution in [2.24, 2.45) is 0 Å². The molecule has 2 amide bonds. The quantitative estimate of drug-likeness (QED) is 0.447. The van der Waals surface area contributed by atoms with E-state index in [-0.39, 0.29) is 24.1 Å². The summed E-state index contributed by atoms with van der Waals surface area (Å²) in [4.78, 5) is 31.9. The summed E-state index contributed by atoms with van der Waals surface area (Å²) in [5, 5.41) is 3.65. The average molecular weight is 483 g/mol. The van der Waals surface area contributed by atoms with Gasteiger partial charge in [0.25, 0.3) is 0 Å². The zero-order chi connectivity index (χ0) is 23.9. The van der Waals surface area contributed by atoms with Gasteiger partial charge in [-0.2, -0.15) is 0 Å². The molecule has 34 heavy (non-hydrogen) atoms. The molecular weight excluding hydrogens is 452 g/mol. The first kappa shape index (κ1) is 23.9. The van der Waals surface area contributed by atoms with Gasteiger partial charge in [0.2, 0.25) is 11.8 Å². The number of methoxy groups -OCH3 is 2. The molecule has 9 heteroatoms. The Balaban J connectivity index is 1.34. The maximum absolute atomic E-state index is 12.8. The Kier molecular flexibility index (Phi) is 7.95. The van der Waals surface area contributed by atoms with Crippen molar-refractivity contribution in [3.05, 3.63) is 48.0 Å². The van der Waals surface area contributed by atoms with Crippen molar-refractivity contribution in [1.29, 1.82) is 0 Å². The topological polar surface area (TPSA) is 85.7 Å². The maximum atomic E-state index is 12.8. The number of likely N-dealkylation sites (tertiary alicyclic amines) is 1. The first-order valence-electron chi connectivity index (χ1n) is 11.4. The molecule has 1 aliphatic rings. The van der Waals surface area contributed by atoms with Crippen molar-refractivity contribution < 1.29 is 19.1 Å². The Morgan fingerprint density at radius 1 is 1.06 bits per heavy atom. The fourth-order valence-electron chi connectivity index (χ4n) is 4.08. The van der Waals surface area contributed by atoms with E-state index < -0.39 is 0 Å². The second-order valence-corrected chi connectivity index (χ2v) is 9.08. The number of imidazole rings is 1. The highest BCUT2D eigenvalue weighted by Gasteiger charge is 2.21. The third kappa shape index (κ3) is 5.64. The fraction of sp³-hybridized carbons (Fsp3) is 0.400. The van der Waals surface area contributed by atoms with Gasteiger partial charge in [-0.25, -0.2) is 4.98 Å². The molecule has 3 aromatic rings. The van der Waals surface area contributed by atoms with Gasteiger partial charge in [-0.15, -0.1) is 0 Å². The second-order valence-electron chi connectivity index (χ2n) is 8.14. The highest BCUT2D eigenvalue weighted by Crippen LogP contribution is 2.28. The summed E-state index contributed by atoms with van der Waals surface area (Å²) in [6.45, 7) is 2.38. The zero-order valence-corrected chi connectivity index (χ0v) is 20.4. The number of para-hydroxylation sites is 2. The Labute approximate surface area is 203 Å². The van der Waals surface area contributed by atoms with Crippen LogP contribution >= 0.6 is 11.8 Å². The number of hydrogen-bond donors (Lipinski definition) is 1. The largest absolute Gasteiger partial charge is 0.493 e. The van der Waals surface area contributed by atoms with Crippen molar-refractivity contribution in [2.75, 3.05) is 39.6 Å². The van der Waals surface area contributed by atoms with E-state index in [0.717, 1.165) is 42.5 Å². The van der Waals surface area contributed by atoms with Crippen molar-refractivity contribution in [3.8, 4) is 11.5 Å². The standard InChI is InChI=1S/C25H30N4O4S/c1-32-21-10-9-18(15-22(21)33-2)11-12-26-23(30)17-34-25-27-19-7-3-4-8-20(19)29(25)16-24(31)28-13-5-6-14-28/h3-4,7-10,15H,5-6,11-14,16-17H2,1-2H3,(H,26,30). The van der Waals surface area contributed by atoms with Crippen molar-refractivity contribution >= 4 is 34.6 Å². The highest BCUT2D eigenvalue weighted by molar-refractivity contribution is 7.99. The van der Waals surface area contributed by atoms with Gasteiger partial charge in [-0.05, 0) is 49.1 Å². The number of carbonyl (C=O) groups is 2. The number of carbonyl (C=O) groups excluding carboxylic acids is 2. The number of nitrogens with zero attached hydrogens (tertiary/aromatic N) is 3. The molecule has 1 aliphatic heterocycles. The molecule has 0 radical (unpaired) electrons. The third-order valence-corrected chi connectivity index (χ3v) is 6.86. The summed E-state index contributed by atoms with van der Waals surface area (Å²) >= 11 is 1.36. The van der Waals surface area contributed by atoms with Gasteiger partial charge in [0.05, 0.1) is 31.0 Å². The minimum atomic E-state index is -0.0741. The van der Waals surface area contributed by atoms with Crippen LogP contribution in [0.15, 0.2) is 47.6 Å². The number of amides is 2. The molecule has 0 saturated carbocycles. The zero-order valence-electron chi connectivity index (χ0n) is 19.6. The average Bonchev–Trinajstić information content (AvgIpc) is 3.51. The highest BCUT2D eigenvalue weighted by atomic mass is 32.2. The number of nitrogens with one attached hydrogen (secondary N) is 1. The van der Waals surface area contributed by atoms with Crippen molar-refractivity contribution in [2.45, 2.75) is 31.0 Å². The molecule has 1 N–H and O–H groups in total.